The van der Waals surface area contributed by atoms with Gasteiger partial charge in [-0.1, -0.05) is 24.3 Å². The Morgan fingerprint density at radius 3 is 2.69 bits per heavy atom. The number of aromatic hydroxyl groups is 1. The number of hydrogen-bond donors (Lipinski definition) is 1. The molecule has 0 saturated carbocycles. The van der Waals surface area contributed by atoms with Crippen molar-refractivity contribution in [2.24, 2.45) is 10.2 Å². The molecule has 1 aromatic heterocycles. The summed E-state index contributed by atoms with van der Waals surface area (Å²) in [6, 6.07) is 13.0. The van der Waals surface area contributed by atoms with Crippen molar-refractivity contribution >= 4 is 11.9 Å². The molecule has 0 saturated heterocycles. The van der Waals surface area contributed by atoms with E-state index in [9.17, 15) is 5.11 Å². The van der Waals surface area contributed by atoms with Crippen molar-refractivity contribution in [3.8, 4) is 22.8 Å². The van der Waals surface area contributed by atoms with E-state index in [0.29, 0.717) is 5.75 Å². The minimum Gasteiger partial charge on any atom is -0.504 e. The molecule has 0 amide bonds. The molecule has 0 spiro atoms. The Bertz CT molecular complexity index is 1060. The molecule has 26 heavy (non-hydrogen) atoms. The molecule has 1 aliphatic carbocycles. The van der Waals surface area contributed by atoms with Crippen molar-refractivity contribution < 1.29 is 9.84 Å². The first kappa shape index (κ1) is 16.0. The van der Waals surface area contributed by atoms with Gasteiger partial charge in [0, 0.05) is 22.9 Å². The van der Waals surface area contributed by atoms with Crippen molar-refractivity contribution in [2.75, 3.05) is 7.11 Å². The predicted molar refractivity (Wildman–Crippen MR) is 100 cm³/mol. The zero-order valence-electron chi connectivity index (χ0n) is 14.3. The number of benzene rings is 2. The molecule has 3 aromatic rings. The Morgan fingerprint density at radius 2 is 1.88 bits per heavy atom. The van der Waals surface area contributed by atoms with Crippen LogP contribution in [0, 0.1) is 6.92 Å². The first-order chi connectivity index (χ1) is 12.7. The topological polar surface area (TPSA) is 80.0 Å². The largest absolute Gasteiger partial charge is 0.504 e. The van der Waals surface area contributed by atoms with Crippen molar-refractivity contribution in [1.82, 2.24) is 9.97 Å². The van der Waals surface area contributed by atoms with Crippen LogP contribution in [0.15, 0.2) is 58.9 Å². The molecule has 1 aliphatic rings. The van der Waals surface area contributed by atoms with Gasteiger partial charge in [0.15, 0.2) is 11.5 Å². The van der Waals surface area contributed by atoms with Crippen molar-refractivity contribution in [3.05, 3.63) is 71.2 Å². The fourth-order valence-corrected chi connectivity index (χ4v) is 2.93. The number of aryl methyl sites for hydroxylation is 1. The van der Waals surface area contributed by atoms with Crippen LogP contribution >= 0.6 is 0 Å². The van der Waals surface area contributed by atoms with Crippen LogP contribution in [0.1, 0.15) is 22.5 Å². The summed E-state index contributed by atoms with van der Waals surface area (Å²) in [5, 5.41) is 18.3. The Hall–Kier alpha value is -3.54. The standard InChI is InChI=1S/C20H16N4O2/c1-12-21-11-16-19(23-12)14-5-3-4-6-15(14)20(16)24-22-10-13-7-8-17(25)18(9-13)26-2/h3-11,25H,1-2H3/b22-10+,24-20-. The number of ether oxygens (including phenoxy) is 1. The Labute approximate surface area is 150 Å². The van der Waals surface area contributed by atoms with Crippen LogP contribution in [0.5, 0.6) is 11.5 Å². The number of hydrogen-bond acceptors (Lipinski definition) is 6. The van der Waals surface area contributed by atoms with Gasteiger partial charge >= 0.3 is 0 Å². The summed E-state index contributed by atoms with van der Waals surface area (Å²) in [5.74, 6) is 1.20. The summed E-state index contributed by atoms with van der Waals surface area (Å²) in [5.41, 5.74) is 5.30. The second-order valence-corrected chi connectivity index (χ2v) is 5.85. The van der Waals surface area contributed by atoms with Gasteiger partial charge in [-0.25, -0.2) is 9.97 Å². The minimum absolute atomic E-state index is 0.0853. The third kappa shape index (κ3) is 2.71. The Morgan fingerprint density at radius 1 is 1.08 bits per heavy atom. The maximum absolute atomic E-state index is 9.66. The minimum atomic E-state index is 0.0853. The molecule has 0 bridgehead atoms. The number of methoxy groups -OCH3 is 1. The second-order valence-electron chi connectivity index (χ2n) is 5.85. The van der Waals surface area contributed by atoms with Crippen LogP contribution in [0.3, 0.4) is 0 Å². The highest BCUT2D eigenvalue weighted by Crippen LogP contribution is 2.35. The molecule has 128 valence electrons. The number of phenolic OH excluding ortho intramolecular Hbond substituents is 1. The lowest BCUT2D eigenvalue weighted by molar-refractivity contribution is 0.373. The van der Waals surface area contributed by atoms with Gasteiger partial charge in [0.25, 0.3) is 0 Å². The van der Waals surface area contributed by atoms with Gasteiger partial charge in [-0.05, 0) is 30.7 Å². The van der Waals surface area contributed by atoms with Crippen LogP contribution in [0.25, 0.3) is 11.3 Å². The van der Waals surface area contributed by atoms with E-state index in [4.69, 9.17) is 4.74 Å². The lowest BCUT2D eigenvalue weighted by Gasteiger charge is -2.03. The highest BCUT2D eigenvalue weighted by molar-refractivity contribution is 6.23. The number of nitrogens with zero attached hydrogens (tertiary/aromatic N) is 4. The number of phenols is 1. The van der Waals surface area contributed by atoms with Crippen LogP contribution in [0.2, 0.25) is 0 Å². The van der Waals surface area contributed by atoms with E-state index in [0.717, 1.165) is 39.5 Å². The molecule has 0 radical (unpaired) electrons. The lowest BCUT2D eigenvalue weighted by Crippen LogP contribution is -1.99. The zero-order chi connectivity index (χ0) is 18.1. The van der Waals surface area contributed by atoms with Crippen LogP contribution in [-0.2, 0) is 0 Å². The van der Waals surface area contributed by atoms with Gasteiger partial charge in [-0.15, -0.1) is 5.10 Å². The van der Waals surface area contributed by atoms with Gasteiger partial charge in [0.05, 0.1) is 19.0 Å². The average Bonchev–Trinajstić information content (AvgIpc) is 2.96. The van der Waals surface area contributed by atoms with E-state index >= 15 is 0 Å². The molecule has 0 fully saturated rings. The number of fused-ring (bicyclic) bond motifs is 3. The fraction of sp³-hybridized carbons (Fsp3) is 0.100. The second kappa shape index (κ2) is 6.40. The van der Waals surface area contributed by atoms with E-state index in [1.165, 1.54) is 7.11 Å². The molecule has 2 aromatic carbocycles. The lowest BCUT2D eigenvalue weighted by atomic mass is 10.1. The van der Waals surface area contributed by atoms with Crippen LogP contribution < -0.4 is 4.74 Å². The highest BCUT2D eigenvalue weighted by atomic mass is 16.5. The third-order valence-electron chi connectivity index (χ3n) is 4.17. The number of rotatable bonds is 3. The molecule has 0 aliphatic heterocycles. The third-order valence-corrected chi connectivity index (χ3v) is 4.17. The van der Waals surface area contributed by atoms with Crippen molar-refractivity contribution in [3.63, 3.8) is 0 Å². The van der Waals surface area contributed by atoms with Crippen LogP contribution in [-0.4, -0.2) is 34.1 Å². The van der Waals surface area contributed by atoms with E-state index in [1.54, 1.807) is 30.6 Å². The summed E-state index contributed by atoms with van der Waals surface area (Å²) >= 11 is 0. The van der Waals surface area contributed by atoms with Crippen LogP contribution in [0.4, 0.5) is 0 Å². The molecule has 6 heteroatoms. The first-order valence-corrected chi connectivity index (χ1v) is 8.09. The van der Waals surface area contributed by atoms with E-state index in [1.807, 2.05) is 31.2 Å². The Kier molecular flexibility index (Phi) is 3.93. The molecular formula is C20H16N4O2. The van der Waals surface area contributed by atoms with Crippen molar-refractivity contribution in [1.29, 1.82) is 0 Å². The molecule has 1 heterocycles. The summed E-state index contributed by atoms with van der Waals surface area (Å²) in [6.45, 7) is 1.87. The summed E-state index contributed by atoms with van der Waals surface area (Å²) in [7, 11) is 1.50. The molecule has 4 rings (SSSR count). The molecule has 1 N–H and O–H groups in total. The summed E-state index contributed by atoms with van der Waals surface area (Å²) < 4.78 is 5.11. The van der Waals surface area contributed by atoms with Gasteiger partial charge in [-0.3, -0.25) is 0 Å². The molecule has 0 atom stereocenters. The van der Waals surface area contributed by atoms with Gasteiger partial charge in [0.2, 0.25) is 0 Å². The summed E-state index contributed by atoms with van der Waals surface area (Å²) in [4.78, 5) is 8.85. The normalized spacial score (nSPS) is 13.8. The first-order valence-electron chi connectivity index (χ1n) is 8.09. The average molecular weight is 344 g/mol. The predicted octanol–water partition coefficient (Wildman–Crippen LogP) is 3.35. The van der Waals surface area contributed by atoms with E-state index in [2.05, 4.69) is 20.2 Å². The zero-order valence-corrected chi connectivity index (χ0v) is 14.3. The molecule has 6 nitrogen and oxygen atoms in total. The SMILES string of the molecule is COc1cc(/C=N/N=C2/c3ccccc3-c3nc(C)ncc32)ccc1O. The quantitative estimate of drug-likeness (QED) is 0.456. The Balaban J connectivity index is 1.74. The highest BCUT2D eigenvalue weighted by Gasteiger charge is 2.26. The fourth-order valence-electron chi connectivity index (χ4n) is 2.93. The summed E-state index contributed by atoms with van der Waals surface area (Å²) in [6.07, 6.45) is 3.40. The monoisotopic (exact) mass is 344 g/mol. The van der Waals surface area contributed by atoms with Gasteiger partial charge in [0.1, 0.15) is 11.5 Å². The molecule has 0 unspecified atom stereocenters. The van der Waals surface area contributed by atoms with E-state index < -0.39 is 0 Å². The van der Waals surface area contributed by atoms with E-state index in [-0.39, 0.29) is 5.75 Å². The van der Waals surface area contributed by atoms with Crippen molar-refractivity contribution in [2.45, 2.75) is 6.92 Å². The molecular weight excluding hydrogens is 328 g/mol. The maximum Gasteiger partial charge on any atom is 0.161 e. The number of aromatic nitrogens is 2. The van der Waals surface area contributed by atoms with Gasteiger partial charge < -0.3 is 9.84 Å². The maximum atomic E-state index is 9.66. The smallest absolute Gasteiger partial charge is 0.161 e. The van der Waals surface area contributed by atoms with Gasteiger partial charge in [-0.2, -0.15) is 5.10 Å².